The molecule has 0 bridgehead atoms. The zero-order chi connectivity index (χ0) is 27.9. The van der Waals surface area contributed by atoms with Crippen molar-refractivity contribution in [3.63, 3.8) is 0 Å². The molecule has 200 valence electrons. The van der Waals surface area contributed by atoms with Crippen molar-refractivity contribution in [3.8, 4) is 33.2 Å². The number of ether oxygens (including phenoxy) is 2. The smallest absolute Gasteiger partial charge is 0.352 e. The molecule has 0 spiro atoms. The summed E-state index contributed by atoms with van der Waals surface area (Å²) in [7, 11) is 1.60. The standard InChI is InChI=1S/C28H26N4O6S/c1-17(2)38-22-14-8-18(9-15-22)25-26(19-10-12-21(37-3)13-11-19)39-28(29-25)31-30-23(27(33)34)16-20-6-4-5-7-24(20)32(35)36/h4-15,17H,16H2,1-3H3,(H,29,31)(H,33,34)/b30-23-. The van der Waals surface area contributed by atoms with Crippen molar-refractivity contribution in [2.24, 2.45) is 5.10 Å². The molecule has 0 aliphatic carbocycles. The molecular weight excluding hydrogens is 520 g/mol. The highest BCUT2D eigenvalue weighted by Crippen LogP contribution is 2.40. The first-order valence-corrected chi connectivity index (χ1v) is 12.8. The lowest BCUT2D eigenvalue weighted by Gasteiger charge is -2.10. The quantitative estimate of drug-likeness (QED) is 0.127. The van der Waals surface area contributed by atoms with Crippen molar-refractivity contribution < 1.29 is 24.3 Å². The number of thiazole rings is 1. The van der Waals surface area contributed by atoms with E-state index < -0.39 is 10.9 Å². The van der Waals surface area contributed by atoms with Crippen molar-refractivity contribution >= 4 is 33.8 Å². The summed E-state index contributed by atoms with van der Waals surface area (Å²) < 4.78 is 11.0. The number of hydrogen-bond acceptors (Lipinski definition) is 9. The number of nitro benzene ring substituents is 1. The first kappa shape index (κ1) is 27.3. The zero-order valence-corrected chi connectivity index (χ0v) is 22.3. The number of hydrogen-bond donors (Lipinski definition) is 2. The number of nitro groups is 1. The van der Waals surface area contributed by atoms with E-state index in [-0.39, 0.29) is 29.5 Å². The molecule has 2 N–H and O–H groups in total. The summed E-state index contributed by atoms with van der Waals surface area (Å²) >= 11 is 1.30. The highest BCUT2D eigenvalue weighted by Gasteiger charge is 2.20. The number of methoxy groups -OCH3 is 1. The van der Waals surface area contributed by atoms with Gasteiger partial charge in [0.2, 0.25) is 5.13 Å². The molecule has 0 saturated carbocycles. The lowest BCUT2D eigenvalue weighted by Crippen LogP contribution is -2.18. The molecule has 10 nitrogen and oxygen atoms in total. The minimum Gasteiger partial charge on any atom is -0.497 e. The maximum Gasteiger partial charge on any atom is 0.352 e. The lowest BCUT2D eigenvalue weighted by molar-refractivity contribution is -0.385. The van der Waals surface area contributed by atoms with Crippen LogP contribution < -0.4 is 14.9 Å². The predicted molar refractivity (Wildman–Crippen MR) is 151 cm³/mol. The molecule has 4 rings (SSSR count). The van der Waals surface area contributed by atoms with Crippen LogP contribution in [-0.4, -0.2) is 39.9 Å². The molecule has 1 aromatic heterocycles. The molecule has 1 heterocycles. The van der Waals surface area contributed by atoms with E-state index in [1.165, 1.54) is 29.5 Å². The molecule has 0 radical (unpaired) electrons. The Kier molecular flexibility index (Phi) is 8.52. The average Bonchev–Trinajstić information content (AvgIpc) is 3.35. The van der Waals surface area contributed by atoms with Crippen LogP contribution in [0, 0.1) is 10.1 Å². The minimum absolute atomic E-state index is 0.0411. The lowest BCUT2D eigenvalue weighted by atomic mass is 10.1. The number of benzene rings is 3. The van der Waals surface area contributed by atoms with Crippen LogP contribution >= 0.6 is 11.3 Å². The van der Waals surface area contributed by atoms with Crippen molar-refractivity contribution in [1.29, 1.82) is 0 Å². The van der Waals surface area contributed by atoms with E-state index in [4.69, 9.17) is 14.5 Å². The van der Waals surface area contributed by atoms with Gasteiger partial charge in [0.1, 0.15) is 17.2 Å². The Bertz CT molecular complexity index is 1500. The Morgan fingerprint density at radius 2 is 1.69 bits per heavy atom. The van der Waals surface area contributed by atoms with E-state index in [0.717, 1.165) is 21.8 Å². The minimum atomic E-state index is -1.30. The van der Waals surface area contributed by atoms with Crippen LogP contribution in [0.15, 0.2) is 77.9 Å². The van der Waals surface area contributed by atoms with Gasteiger partial charge in [-0.05, 0) is 67.9 Å². The SMILES string of the molecule is COc1ccc(-c2sc(N/N=C(/Cc3ccccc3[N+](=O)[O-])C(=O)O)nc2-c2ccc(OC(C)C)cc2)cc1. The van der Waals surface area contributed by atoms with Crippen LogP contribution in [0.1, 0.15) is 19.4 Å². The molecule has 3 aromatic carbocycles. The molecule has 0 aliphatic rings. The Hall–Kier alpha value is -4.77. The number of nitrogens with one attached hydrogen (secondary N) is 1. The molecule has 0 fully saturated rings. The van der Waals surface area contributed by atoms with E-state index in [0.29, 0.717) is 16.6 Å². The highest BCUT2D eigenvalue weighted by atomic mass is 32.1. The molecule has 0 atom stereocenters. The van der Waals surface area contributed by atoms with Gasteiger partial charge in [-0.15, -0.1) is 0 Å². The number of carbonyl (C=O) groups is 1. The van der Waals surface area contributed by atoms with Gasteiger partial charge in [0, 0.05) is 23.6 Å². The van der Waals surface area contributed by atoms with Crippen molar-refractivity contribution in [2.45, 2.75) is 26.4 Å². The number of aromatic nitrogens is 1. The Balaban J connectivity index is 1.68. The first-order chi connectivity index (χ1) is 18.7. The number of para-hydroxylation sites is 1. The largest absolute Gasteiger partial charge is 0.497 e. The van der Waals surface area contributed by atoms with Gasteiger partial charge in [-0.25, -0.2) is 9.78 Å². The summed E-state index contributed by atoms with van der Waals surface area (Å²) in [5.41, 5.74) is 4.94. The number of carboxylic acids is 1. The van der Waals surface area contributed by atoms with Crippen LogP contribution in [0.3, 0.4) is 0 Å². The summed E-state index contributed by atoms with van der Waals surface area (Å²) in [5, 5.41) is 25.5. The second-order valence-electron chi connectivity index (χ2n) is 8.65. The van der Waals surface area contributed by atoms with Crippen LogP contribution in [0.4, 0.5) is 10.8 Å². The summed E-state index contributed by atoms with van der Waals surface area (Å²) in [6.45, 7) is 3.91. The number of nitrogens with zero attached hydrogens (tertiary/aromatic N) is 3. The van der Waals surface area contributed by atoms with E-state index in [9.17, 15) is 20.0 Å². The van der Waals surface area contributed by atoms with E-state index >= 15 is 0 Å². The Morgan fingerprint density at radius 3 is 2.31 bits per heavy atom. The Morgan fingerprint density at radius 1 is 1.05 bits per heavy atom. The molecule has 4 aromatic rings. The second kappa shape index (κ2) is 12.2. The molecular formula is C28H26N4O6S. The average molecular weight is 547 g/mol. The number of anilines is 1. The van der Waals surface area contributed by atoms with Gasteiger partial charge in [0.15, 0.2) is 0 Å². The molecule has 0 unspecified atom stereocenters. The summed E-state index contributed by atoms with van der Waals surface area (Å²) in [5.74, 6) is 0.150. The van der Waals surface area contributed by atoms with Gasteiger partial charge in [-0.3, -0.25) is 15.5 Å². The predicted octanol–water partition coefficient (Wildman–Crippen LogP) is 6.28. The molecule has 0 saturated heterocycles. The maximum absolute atomic E-state index is 11.9. The summed E-state index contributed by atoms with van der Waals surface area (Å²) in [4.78, 5) is 28.3. The number of rotatable bonds is 11. The van der Waals surface area contributed by atoms with Gasteiger partial charge < -0.3 is 14.6 Å². The fourth-order valence-corrected chi connectivity index (χ4v) is 4.70. The highest BCUT2D eigenvalue weighted by molar-refractivity contribution is 7.19. The van der Waals surface area contributed by atoms with Gasteiger partial charge in [0.25, 0.3) is 5.69 Å². The van der Waals surface area contributed by atoms with Crippen LogP contribution in [0.2, 0.25) is 0 Å². The van der Waals surface area contributed by atoms with Gasteiger partial charge in [0.05, 0.1) is 28.7 Å². The van der Waals surface area contributed by atoms with Gasteiger partial charge in [-0.2, -0.15) is 5.10 Å². The van der Waals surface area contributed by atoms with Crippen molar-refractivity contribution in [1.82, 2.24) is 4.98 Å². The second-order valence-corrected chi connectivity index (χ2v) is 9.65. The molecule has 0 amide bonds. The molecule has 11 heteroatoms. The monoisotopic (exact) mass is 546 g/mol. The zero-order valence-electron chi connectivity index (χ0n) is 21.5. The van der Waals surface area contributed by atoms with Crippen LogP contribution in [0.25, 0.3) is 21.7 Å². The van der Waals surface area contributed by atoms with Crippen LogP contribution in [0.5, 0.6) is 11.5 Å². The fraction of sp³-hybridized carbons (Fsp3) is 0.179. The van der Waals surface area contributed by atoms with Crippen LogP contribution in [-0.2, 0) is 11.2 Å². The topological polar surface area (TPSA) is 136 Å². The molecule has 0 aliphatic heterocycles. The fourth-order valence-electron chi connectivity index (χ4n) is 3.76. The summed E-state index contributed by atoms with van der Waals surface area (Å²) in [6.07, 6.45) is -0.195. The third kappa shape index (κ3) is 6.76. The number of hydrazone groups is 1. The number of carboxylic acid groups (broad SMARTS) is 1. The normalized spacial score (nSPS) is 11.3. The number of aliphatic carboxylic acids is 1. The van der Waals surface area contributed by atoms with Crippen molar-refractivity contribution in [2.75, 3.05) is 12.5 Å². The third-order valence-corrected chi connectivity index (χ3v) is 6.57. The van der Waals surface area contributed by atoms with E-state index in [1.807, 2.05) is 62.4 Å². The van der Waals surface area contributed by atoms with Gasteiger partial charge >= 0.3 is 5.97 Å². The summed E-state index contributed by atoms with van der Waals surface area (Å²) in [6, 6.07) is 21.0. The van der Waals surface area contributed by atoms with E-state index in [1.54, 1.807) is 13.2 Å². The van der Waals surface area contributed by atoms with Crippen molar-refractivity contribution in [3.05, 3.63) is 88.5 Å². The molecule has 39 heavy (non-hydrogen) atoms. The van der Waals surface area contributed by atoms with Gasteiger partial charge in [-0.1, -0.05) is 29.5 Å². The van der Waals surface area contributed by atoms with E-state index in [2.05, 4.69) is 10.5 Å². The Labute approximate surface area is 228 Å². The third-order valence-electron chi connectivity index (χ3n) is 5.56. The maximum atomic E-state index is 11.9. The first-order valence-electron chi connectivity index (χ1n) is 12.0.